The molecule has 1 amide bonds. The van der Waals surface area contributed by atoms with Gasteiger partial charge in [-0.15, -0.1) is 0 Å². The summed E-state index contributed by atoms with van der Waals surface area (Å²) in [4.78, 5) is 24.2. The van der Waals surface area contributed by atoms with Crippen LogP contribution < -0.4 is 9.64 Å². The largest absolute Gasteiger partial charge is 0.494 e. The number of methoxy groups -OCH3 is 1. The lowest BCUT2D eigenvalue weighted by Gasteiger charge is -2.20. The average molecular weight is 432 g/mol. The molecule has 158 valence electrons. The minimum absolute atomic E-state index is 0.00258. The maximum absolute atomic E-state index is 13.5. The Morgan fingerprint density at radius 3 is 2.55 bits per heavy atom. The molecule has 2 aromatic carbocycles. The first kappa shape index (κ1) is 21.0. The van der Waals surface area contributed by atoms with Gasteiger partial charge in [-0.2, -0.15) is 0 Å². The van der Waals surface area contributed by atoms with E-state index < -0.39 is 0 Å². The van der Waals surface area contributed by atoms with Crippen molar-refractivity contribution in [3.63, 3.8) is 0 Å². The Bertz CT molecular complexity index is 1230. The van der Waals surface area contributed by atoms with Crippen LogP contribution in [-0.4, -0.2) is 23.0 Å². The van der Waals surface area contributed by atoms with E-state index in [2.05, 4.69) is 31.0 Å². The van der Waals surface area contributed by atoms with Crippen molar-refractivity contribution < 1.29 is 9.53 Å². The van der Waals surface area contributed by atoms with Gasteiger partial charge in [0.15, 0.2) is 5.13 Å². The van der Waals surface area contributed by atoms with Gasteiger partial charge in [0.05, 0.1) is 24.8 Å². The number of amides is 1. The number of pyridine rings is 1. The highest BCUT2D eigenvalue weighted by molar-refractivity contribution is 7.22. The molecule has 0 aliphatic carbocycles. The van der Waals surface area contributed by atoms with Gasteiger partial charge in [-0.05, 0) is 60.7 Å². The van der Waals surface area contributed by atoms with E-state index in [1.165, 1.54) is 22.5 Å². The van der Waals surface area contributed by atoms with Gasteiger partial charge in [-0.3, -0.25) is 14.7 Å². The van der Waals surface area contributed by atoms with E-state index in [4.69, 9.17) is 9.72 Å². The highest BCUT2D eigenvalue weighted by Gasteiger charge is 2.22. The number of thiazole rings is 1. The number of anilines is 1. The lowest BCUT2D eigenvalue weighted by molar-refractivity contribution is -0.118. The summed E-state index contributed by atoms with van der Waals surface area (Å²) in [6.07, 6.45) is 3.83. The van der Waals surface area contributed by atoms with Crippen molar-refractivity contribution in [1.82, 2.24) is 9.97 Å². The Kier molecular flexibility index (Phi) is 6.00. The molecule has 0 bridgehead atoms. The van der Waals surface area contributed by atoms with Gasteiger partial charge in [0.2, 0.25) is 5.91 Å². The minimum atomic E-state index is 0.00258. The first-order chi connectivity index (χ1) is 15.0. The lowest BCUT2D eigenvalue weighted by Crippen LogP contribution is -2.31. The third-order valence-corrected chi connectivity index (χ3v) is 6.65. The van der Waals surface area contributed by atoms with Gasteiger partial charge < -0.3 is 4.74 Å². The quantitative estimate of drug-likeness (QED) is 0.410. The van der Waals surface area contributed by atoms with E-state index in [0.29, 0.717) is 23.8 Å². The molecule has 2 heterocycles. The molecule has 0 saturated heterocycles. The number of rotatable bonds is 6. The smallest absolute Gasteiger partial charge is 0.233 e. The molecule has 0 saturated carbocycles. The van der Waals surface area contributed by atoms with Crippen LogP contribution >= 0.6 is 11.3 Å². The molecule has 0 N–H and O–H groups in total. The summed E-state index contributed by atoms with van der Waals surface area (Å²) in [5.74, 6) is 0.716. The zero-order chi connectivity index (χ0) is 22.0. The Morgan fingerprint density at radius 2 is 1.84 bits per heavy atom. The second kappa shape index (κ2) is 8.86. The number of hydrogen-bond donors (Lipinski definition) is 0. The van der Waals surface area contributed by atoms with Gasteiger partial charge in [0.1, 0.15) is 11.3 Å². The van der Waals surface area contributed by atoms with Crippen molar-refractivity contribution in [2.45, 2.75) is 33.7 Å². The molecule has 0 radical (unpaired) electrons. The zero-order valence-corrected chi connectivity index (χ0v) is 19.0. The topological polar surface area (TPSA) is 55.3 Å². The van der Waals surface area contributed by atoms with Crippen LogP contribution in [0.25, 0.3) is 10.2 Å². The maximum atomic E-state index is 13.5. The fraction of sp³-hybridized carbons (Fsp3) is 0.240. The summed E-state index contributed by atoms with van der Waals surface area (Å²) in [7, 11) is 1.64. The molecule has 0 spiro atoms. The van der Waals surface area contributed by atoms with Crippen molar-refractivity contribution in [3.05, 3.63) is 82.7 Å². The third kappa shape index (κ3) is 4.44. The highest BCUT2D eigenvalue weighted by atomic mass is 32.1. The first-order valence-electron chi connectivity index (χ1n) is 10.2. The molecule has 0 aliphatic heterocycles. The molecular weight excluding hydrogens is 406 g/mol. The Balaban J connectivity index is 1.73. The van der Waals surface area contributed by atoms with E-state index in [1.54, 1.807) is 24.4 Å². The third-order valence-electron chi connectivity index (χ3n) is 5.43. The number of aryl methyl sites for hydroxylation is 3. The van der Waals surface area contributed by atoms with Crippen LogP contribution in [0.2, 0.25) is 0 Å². The normalized spacial score (nSPS) is 11.0. The van der Waals surface area contributed by atoms with Gasteiger partial charge in [0, 0.05) is 12.4 Å². The van der Waals surface area contributed by atoms with E-state index in [1.807, 2.05) is 37.3 Å². The maximum Gasteiger partial charge on any atom is 0.233 e. The van der Waals surface area contributed by atoms with Gasteiger partial charge in [0.25, 0.3) is 0 Å². The van der Waals surface area contributed by atoms with Crippen LogP contribution in [0.3, 0.4) is 0 Å². The number of benzene rings is 2. The Hall–Kier alpha value is -3.25. The highest BCUT2D eigenvalue weighted by Crippen LogP contribution is 2.37. The number of aromatic nitrogens is 2. The first-order valence-corrected chi connectivity index (χ1v) is 11.0. The van der Waals surface area contributed by atoms with E-state index in [9.17, 15) is 4.79 Å². The lowest BCUT2D eigenvalue weighted by atomic mass is 10.0. The molecule has 2 aromatic heterocycles. The minimum Gasteiger partial charge on any atom is -0.494 e. The predicted octanol–water partition coefficient (Wildman–Crippen LogP) is 5.40. The van der Waals surface area contributed by atoms with Crippen molar-refractivity contribution in [3.8, 4) is 5.75 Å². The Morgan fingerprint density at radius 1 is 1.03 bits per heavy atom. The van der Waals surface area contributed by atoms with Crippen LogP contribution in [0.1, 0.15) is 27.8 Å². The number of carbonyl (C=O) groups excluding carboxylic acids is 1. The summed E-state index contributed by atoms with van der Waals surface area (Å²) >= 11 is 1.52. The number of fused-ring (bicyclic) bond motifs is 1. The fourth-order valence-corrected chi connectivity index (χ4v) is 4.57. The molecular formula is C25H25N3O2S. The molecule has 0 unspecified atom stereocenters. The van der Waals surface area contributed by atoms with Crippen molar-refractivity contribution >= 4 is 32.6 Å². The summed E-state index contributed by atoms with van der Waals surface area (Å²) in [5.41, 5.74) is 6.26. The molecule has 31 heavy (non-hydrogen) atoms. The van der Waals surface area contributed by atoms with E-state index >= 15 is 0 Å². The molecule has 0 atom stereocenters. The number of carbonyl (C=O) groups is 1. The monoisotopic (exact) mass is 431 g/mol. The van der Waals surface area contributed by atoms with Crippen molar-refractivity contribution in [2.24, 2.45) is 0 Å². The van der Waals surface area contributed by atoms with Crippen LogP contribution in [0.5, 0.6) is 5.75 Å². The van der Waals surface area contributed by atoms with Gasteiger partial charge >= 0.3 is 0 Å². The molecule has 6 heteroatoms. The van der Waals surface area contributed by atoms with Crippen LogP contribution in [0.4, 0.5) is 5.13 Å². The summed E-state index contributed by atoms with van der Waals surface area (Å²) < 4.78 is 6.54. The Labute approximate surface area is 186 Å². The second-order valence-electron chi connectivity index (χ2n) is 7.70. The van der Waals surface area contributed by atoms with Crippen LogP contribution in [0.15, 0.2) is 54.9 Å². The predicted molar refractivity (Wildman–Crippen MR) is 126 cm³/mol. The summed E-state index contributed by atoms with van der Waals surface area (Å²) in [6, 6.07) is 14.0. The SMILES string of the molecule is COc1ccc(C)c2sc(N(Cc3cccnc3)C(=O)Cc3ccc(C)c(C)c3)nc12. The van der Waals surface area contributed by atoms with Gasteiger partial charge in [-0.1, -0.05) is 41.7 Å². The molecule has 0 fully saturated rings. The van der Waals surface area contributed by atoms with Crippen molar-refractivity contribution in [1.29, 1.82) is 0 Å². The molecule has 0 aliphatic rings. The number of nitrogens with zero attached hydrogens (tertiary/aromatic N) is 3. The van der Waals surface area contributed by atoms with Crippen molar-refractivity contribution in [2.75, 3.05) is 12.0 Å². The average Bonchev–Trinajstić information content (AvgIpc) is 3.21. The fourth-order valence-electron chi connectivity index (χ4n) is 3.50. The number of ether oxygens (including phenoxy) is 1. The van der Waals surface area contributed by atoms with E-state index in [0.717, 1.165) is 26.9 Å². The molecule has 4 rings (SSSR count). The molecule has 5 nitrogen and oxygen atoms in total. The second-order valence-corrected chi connectivity index (χ2v) is 8.67. The summed E-state index contributed by atoms with van der Waals surface area (Å²) in [5, 5.41) is 0.667. The van der Waals surface area contributed by atoms with E-state index in [-0.39, 0.29) is 5.91 Å². The zero-order valence-electron chi connectivity index (χ0n) is 18.2. The van der Waals surface area contributed by atoms with Crippen LogP contribution in [-0.2, 0) is 17.8 Å². The van der Waals surface area contributed by atoms with Crippen LogP contribution in [0, 0.1) is 20.8 Å². The standard InChI is InChI=1S/C25H25N3O2S/c1-16-7-9-19(12-18(16)3)13-22(29)28(15-20-6-5-11-26-14-20)25-27-23-21(30-4)10-8-17(2)24(23)31-25/h5-12,14H,13,15H2,1-4H3. The van der Waals surface area contributed by atoms with Gasteiger partial charge in [-0.25, -0.2) is 4.98 Å². The summed E-state index contributed by atoms with van der Waals surface area (Å²) in [6.45, 7) is 6.61. The number of hydrogen-bond acceptors (Lipinski definition) is 5. The molecule has 4 aromatic rings.